The monoisotopic (exact) mass is 443 g/mol. The number of benzene rings is 1. The second-order valence-electron chi connectivity index (χ2n) is 7.07. The van der Waals surface area contributed by atoms with Gasteiger partial charge in [-0.1, -0.05) is 12.1 Å². The van der Waals surface area contributed by atoms with Crippen LogP contribution in [0.15, 0.2) is 40.8 Å². The molecular formula is C24H29NO5S. The number of ether oxygens (including phenoxy) is 3. The average molecular weight is 444 g/mol. The summed E-state index contributed by atoms with van der Waals surface area (Å²) in [6, 6.07) is 11.8. The number of hydrogen-bond donors (Lipinski definition) is 0. The van der Waals surface area contributed by atoms with Crippen molar-refractivity contribution in [3.8, 4) is 16.5 Å². The maximum Gasteiger partial charge on any atom is 0.335 e. The Morgan fingerprint density at radius 2 is 1.87 bits per heavy atom. The lowest BCUT2D eigenvalue weighted by molar-refractivity contribution is -0.156. The Labute approximate surface area is 187 Å². The van der Waals surface area contributed by atoms with Crippen LogP contribution in [0.5, 0.6) is 5.75 Å². The molecule has 0 bridgehead atoms. The summed E-state index contributed by atoms with van der Waals surface area (Å²) in [7, 11) is 0. The van der Waals surface area contributed by atoms with Gasteiger partial charge in [0.25, 0.3) is 0 Å². The van der Waals surface area contributed by atoms with E-state index in [9.17, 15) is 4.79 Å². The van der Waals surface area contributed by atoms with E-state index in [4.69, 9.17) is 18.6 Å². The minimum Gasteiger partial charge on any atom is -0.493 e. The number of carbonyl (C=O) groups excluding carboxylic acids is 1. The Hall–Kier alpha value is -2.64. The Bertz CT molecular complexity index is 976. The van der Waals surface area contributed by atoms with E-state index in [1.54, 1.807) is 18.3 Å². The van der Waals surface area contributed by atoms with E-state index in [0.717, 1.165) is 27.6 Å². The predicted molar refractivity (Wildman–Crippen MR) is 121 cm³/mol. The molecule has 7 heteroatoms. The van der Waals surface area contributed by atoms with Crippen LogP contribution in [-0.4, -0.2) is 36.9 Å². The average Bonchev–Trinajstić information content (AvgIpc) is 3.35. The van der Waals surface area contributed by atoms with Crippen LogP contribution in [0.2, 0.25) is 0 Å². The number of aryl methyl sites for hydroxylation is 2. The van der Waals surface area contributed by atoms with Gasteiger partial charge in [-0.3, -0.25) is 0 Å². The Balaban J connectivity index is 1.52. The summed E-state index contributed by atoms with van der Waals surface area (Å²) in [5.41, 5.74) is 1.90. The molecule has 0 N–H and O–H groups in total. The van der Waals surface area contributed by atoms with E-state index in [1.807, 2.05) is 44.2 Å². The molecule has 0 aliphatic carbocycles. The zero-order chi connectivity index (χ0) is 22.2. The molecule has 6 nitrogen and oxygen atoms in total. The smallest absolute Gasteiger partial charge is 0.335 e. The van der Waals surface area contributed by atoms with Gasteiger partial charge in [-0.15, -0.1) is 11.3 Å². The van der Waals surface area contributed by atoms with E-state index in [0.29, 0.717) is 38.6 Å². The van der Waals surface area contributed by atoms with Crippen molar-refractivity contribution < 1.29 is 23.4 Å². The second kappa shape index (κ2) is 11.1. The highest BCUT2D eigenvalue weighted by Gasteiger charge is 2.20. The van der Waals surface area contributed by atoms with E-state index in [1.165, 1.54) is 4.88 Å². The third-order valence-electron chi connectivity index (χ3n) is 4.71. The van der Waals surface area contributed by atoms with Crippen LogP contribution in [0.25, 0.3) is 10.8 Å². The van der Waals surface area contributed by atoms with Crippen LogP contribution >= 0.6 is 11.3 Å². The van der Waals surface area contributed by atoms with E-state index >= 15 is 0 Å². The van der Waals surface area contributed by atoms with Crippen molar-refractivity contribution in [3.63, 3.8) is 0 Å². The third kappa shape index (κ3) is 6.42. The highest BCUT2D eigenvalue weighted by atomic mass is 32.1. The van der Waals surface area contributed by atoms with E-state index in [-0.39, 0.29) is 5.97 Å². The molecule has 31 heavy (non-hydrogen) atoms. The third-order valence-corrected chi connectivity index (χ3v) is 5.70. The summed E-state index contributed by atoms with van der Waals surface area (Å²) in [4.78, 5) is 18.9. The first-order chi connectivity index (χ1) is 15.0. The number of esters is 1. The number of nitrogens with zero attached hydrogens (tertiary/aromatic N) is 1. The molecule has 0 unspecified atom stereocenters. The zero-order valence-corrected chi connectivity index (χ0v) is 19.3. The molecule has 2 aromatic heterocycles. The fourth-order valence-corrected chi connectivity index (χ4v) is 3.96. The Kier molecular flexibility index (Phi) is 8.26. The molecule has 0 aliphatic heterocycles. The molecule has 2 heterocycles. The molecule has 0 saturated carbocycles. The minimum absolute atomic E-state index is 0.329. The molecule has 1 atom stereocenters. The maximum atomic E-state index is 12.0. The van der Waals surface area contributed by atoms with Gasteiger partial charge in [0.15, 0.2) is 6.10 Å². The first-order valence-electron chi connectivity index (χ1n) is 10.5. The molecule has 0 amide bonds. The summed E-state index contributed by atoms with van der Waals surface area (Å²) in [5.74, 6) is 1.93. The summed E-state index contributed by atoms with van der Waals surface area (Å²) in [6.07, 6.45) is 0.542. The minimum atomic E-state index is -0.590. The molecule has 3 aromatic rings. The van der Waals surface area contributed by atoms with Gasteiger partial charge >= 0.3 is 5.97 Å². The van der Waals surface area contributed by atoms with Crippen LogP contribution in [0.3, 0.4) is 0 Å². The van der Waals surface area contributed by atoms with Crippen molar-refractivity contribution in [2.75, 3.05) is 19.8 Å². The molecule has 0 radical (unpaired) electrons. The topological polar surface area (TPSA) is 70.8 Å². The van der Waals surface area contributed by atoms with Crippen molar-refractivity contribution in [2.45, 2.75) is 46.6 Å². The SMILES string of the molecule is CCOC(=O)[C@@H](Cc1ccc(OCCc2nc(-c3ccc(C)s3)oc2C)cc1)OCC. The lowest BCUT2D eigenvalue weighted by Crippen LogP contribution is -2.28. The first kappa shape index (κ1) is 23.0. The van der Waals surface area contributed by atoms with E-state index in [2.05, 4.69) is 18.0 Å². The van der Waals surface area contributed by atoms with E-state index < -0.39 is 6.10 Å². The molecule has 0 aliphatic rings. The Morgan fingerprint density at radius 3 is 2.52 bits per heavy atom. The summed E-state index contributed by atoms with van der Waals surface area (Å²) < 4.78 is 22.3. The van der Waals surface area contributed by atoms with Crippen LogP contribution in [0, 0.1) is 13.8 Å². The van der Waals surface area contributed by atoms with Crippen molar-refractivity contribution in [2.24, 2.45) is 0 Å². The molecule has 1 aromatic carbocycles. The molecule has 0 spiro atoms. The predicted octanol–water partition coefficient (Wildman–Crippen LogP) is 5.15. The standard InChI is InChI=1S/C24H29NO5S/c1-5-27-21(24(26)28-6-2)15-18-8-10-19(11-9-18)29-14-13-20-17(4)30-23(25-20)22-12-7-16(3)31-22/h7-12,21H,5-6,13-15H2,1-4H3/t21-/m1/s1. The molecule has 166 valence electrons. The van der Waals surface area contributed by atoms with Crippen molar-refractivity contribution in [1.82, 2.24) is 4.98 Å². The molecular weight excluding hydrogens is 414 g/mol. The summed E-state index contributed by atoms with van der Waals surface area (Å²) in [6.45, 7) is 8.95. The van der Waals surface area contributed by atoms with Crippen molar-refractivity contribution in [3.05, 3.63) is 58.3 Å². The molecule has 0 saturated heterocycles. The lowest BCUT2D eigenvalue weighted by atomic mass is 10.1. The van der Waals surface area contributed by atoms with Gasteiger partial charge < -0.3 is 18.6 Å². The fourth-order valence-electron chi connectivity index (χ4n) is 3.16. The highest BCUT2D eigenvalue weighted by molar-refractivity contribution is 7.15. The van der Waals surface area contributed by atoms with Crippen LogP contribution in [0.4, 0.5) is 0 Å². The van der Waals surface area contributed by atoms with Crippen LogP contribution in [0.1, 0.15) is 35.7 Å². The normalized spacial score (nSPS) is 12.0. The molecule has 3 rings (SSSR count). The van der Waals surface area contributed by atoms with Gasteiger partial charge in [0.1, 0.15) is 11.5 Å². The fraction of sp³-hybridized carbons (Fsp3) is 0.417. The van der Waals surface area contributed by atoms with Gasteiger partial charge in [0.05, 0.1) is 23.8 Å². The Morgan fingerprint density at radius 1 is 1.10 bits per heavy atom. The van der Waals surface area contributed by atoms with Gasteiger partial charge in [-0.05, 0) is 57.5 Å². The number of rotatable bonds is 11. The number of thiophene rings is 1. The largest absolute Gasteiger partial charge is 0.493 e. The van der Waals surface area contributed by atoms with Crippen molar-refractivity contribution >= 4 is 17.3 Å². The van der Waals surface area contributed by atoms with Gasteiger partial charge in [0.2, 0.25) is 5.89 Å². The lowest BCUT2D eigenvalue weighted by Gasteiger charge is -2.15. The molecule has 0 fully saturated rings. The number of aromatic nitrogens is 1. The van der Waals surface area contributed by atoms with Gasteiger partial charge in [-0.25, -0.2) is 9.78 Å². The first-order valence-corrected chi connectivity index (χ1v) is 11.3. The van der Waals surface area contributed by atoms with Gasteiger partial charge in [-0.2, -0.15) is 0 Å². The number of oxazole rings is 1. The highest BCUT2D eigenvalue weighted by Crippen LogP contribution is 2.28. The quantitative estimate of drug-likeness (QED) is 0.382. The van der Waals surface area contributed by atoms with Crippen molar-refractivity contribution in [1.29, 1.82) is 0 Å². The van der Waals surface area contributed by atoms with Crippen LogP contribution < -0.4 is 4.74 Å². The van der Waals surface area contributed by atoms with Crippen LogP contribution in [-0.2, 0) is 27.1 Å². The number of carbonyl (C=O) groups is 1. The summed E-state index contributed by atoms with van der Waals surface area (Å²) >= 11 is 1.67. The number of hydrogen-bond acceptors (Lipinski definition) is 7. The second-order valence-corrected chi connectivity index (χ2v) is 8.36. The maximum absolute atomic E-state index is 12.0. The zero-order valence-electron chi connectivity index (χ0n) is 18.5. The summed E-state index contributed by atoms with van der Waals surface area (Å²) in [5, 5.41) is 0. The van der Waals surface area contributed by atoms with Gasteiger partial charge in [0, 0.05) is 24.3 Å².